The Kier molecular flexibility index (Phi) is 4.39. The van der Waals surface area contributed by atoms with E-state index >= 15 is 0 Å². The molecule has 3 rings (SSSR count). The maximum atomic E-state index is 12.3. The number of fused-ring (bicyclic) bond motifs is 1. The van der Waals surface area contributed by atoms with Crippen LogP contribution in [0.4, 0.5) is 0 Å². The Hall–Kier alpha value is -2.66. The lowest BCUT2D eigenvalue weighted by Gasteiger charge is -2.17. The number of aliphatic hydroxyl groups excluding tert-OH is 1. The van der Waals surface area contributed by atoms with E-state index in [9.17, 15) is 9.90 Å². The number of para-hydroxylation sites is 2. The predicted octanol–water partition coefficient (Wildman–Crippen LogP) is 2.86. The van der Waals surface area contributed by atoms with Gasteiger partial charge in [0.25, 0.3) is 5.91 Å². The van der Waals surface area contributed by atoms with Gasteiger partial charge in [0.15, 0.2) is 6.10 Å². The number of amides is 1. The van der Waals surface area contributed by atoms with Gasteiger partial charge in [-0.3, -0.25) is 4.79 Å². The van der Waals surface area contributed by atoms with Crippen molar-refractivity contribution in [3.63, 3.8) is 0 Å². The van der Waals surface area contributed by atoms with Gasteiger partial charge >= 0.3 is 0 Å². The molecule has 3 aromatic rings. The maximum Gasteiger partial charge on any atom is 0.254 e. The quantitative estimate of drug-likeness (QED) is 0.678. The summed E-state index contributed by atoms with van der Waals surface area (Å²) >= 11 is 0. The minimum absolute atomic E-state index is 0.270. The molecule has 0 radical (unpaired) electrons. The van der Waals surface area contributed by atoms with Crippen LogP contribution >= 0.6 is 0 Å². The van der Waals surface area contributed by atoms with Crippen molar-refractivity contribution in [2.75, 3.05) is 0 Å². The molecule has 0 bridgehead atoms. The first-order valence-electron chi connectivity index (χ1n) is 7.67. The van der Waals surface area contributed by atoms with Crippen LogP contribution in [0.5, 0.6) is 0 Å². The SMILES string of the molecule is CCC(NC(=O)C(O)c1ccccc1)c1nc2ccccc2[nH]1. The Morgan fingerprint density at radius 1 is 1.17 bits per heavy atom. The molecule has 0 saturated carbocycles. The maximum absolute atomic E-state index is 12.3. The molecule has 2 unspecified atom stereocenters. The van der Waals surface area contributed by atoms with Crippen LogP contribution in [0.2, 0.25) is 0 Å². The van der Waals surface area contributed by atoms with Crippen LogP contribution in [0, 0.1) is 0 Å². The van der Waals surface area contributed by atoms with Crippen LogP contribution in [0.3, 0.4) is 0 Å². The molecule has 0 spiro atoms. The van der Waals surface area contributed by atoms with Crippen molar-refractivity contribution in [1.82, 2.24) is 15.3 Å². The second-order valence-corrected chi connectivity index (χ2v) is 5.42. The normalized spacial score (nSPS) is 13.7. The molecule has 3 N–H and O–H groups in total. The molecule has 5 nitrogen and oxygen atoms in total. The number of hydrogen-bond acceptors (Lipinski definition) is 3. The fourth-order valence-corrected chi connectivity index (χ4v) is 2.54. The highest BCUT2D eigenvalue weighted by molar-refractivity contribution is 5.82. The van der Waals surface area contributed by atoms with Crippen LogP contribution in [-0.2, 0) is 4.79 Å². The van der Waals surface area contributed by atoms with E-state index in [2.05, 4.69) is 15.3 Å². The molecule has 5 heteroatoms. The van der Waals surface area contributed by atoms with Crippen LogP contribution < -0.4 is 5.32 Å². The molecule has 0 saturated heterocycles. The highest BCUT2D eigenvalue weighted by Crippen LogP contribution is 2.20. The first-order chi connectivity index (χ1) is 11.2. The summed E-state index contributed by atoms with van der Waals surface area (Å²) in [4.78, 5) is 20.0. The average Bonchev–Trinajstić information content (AvgIpc) is 3.03. The Bertz CT molecular complexity index is 765. The summed E-state index contributed by atoms with van der Waals surface area (Å²) in [5, 5.41) is 13.0. The number of aromatic amines is 1. The Balaban J connectivity index is 1.77. The second kappa shape index (κ2) is 6.62. The van der Waals surface area contributed by atoms with Crippen molar-refractivity contribution >= 4 is 16.9 Å². The predicted molar refractivity (Wildman–Crippen MR) is 88.7 cm³/mol. The molecule has 2 atom stereocenters. The summed E-state index contributed by atoms with van der Waals surface area (Å²) in [6, 6.07) is 16.3. The number of carbonyl (C=O) groups excluding carboxylic acids is 1. The largest absolute Gasteiger partial charge is 0.378 e. The second-order valence-electron chi connectivity index (χ2n) is 5.42. The van der Waals surface area contributed by atoms with E-state index in [1.54, 1.807) is 24.3 Å². The van der Waals surface area contributed by atoms with E-state index in [0.29, 0.717) is 17.8 Å². The minimum atomic E-state index is -1.19. The van der Waals surface area contributed by atoms with E-state index in [4.69, 9.17) is 0 Å². The fourth-order valence-electron chi connectivity index (χ4n) is 2.54. The lowest BCUT2D eigenvalue weighted by atomic mass is 10.1. The average molecular weight is 309 g/mol. The van der Waals surface area contributed by atoms with Gasteiger partial charge in [0.05, 0.1) is 17.1 Å². The Morgan fingerprint density at radius 2 is 1.87 bits per heavy atom. The number of carbonyl (C=O) groups is 1. The van der Waals surface area contributed by atoms with Gasteiger partial charge < -0.3 is 15.4 Å². The highest BCUT2D eigenvalue weighted by Gasteiger charge is 2.22. The van der Waals surface area contributed by atoms with Crippen molar-refractivity contribution in [1.29, 1.82) is 0 Å². The van der Waals surface area contributed by atoms with E-state index in [1.165, 1.54) is 0 Å². The molecule has 0 aliphatic heterocycles. The van der Waals surface area contributed by atoms with Gasteiger partial charge in [-0.2, -0.15) is 0 Å². The number of rotatable bonds is 5. The third-order valence-electron chi connectivity index (χ3n) is 3.83. The van der Waals surface area contributed by atoms with E-state index in [-0.39, 0.29) is 6.04 Å². The fraction of sp³-hybridized carbons (Fsp3) is 0.222. The van der Waals surface area contributed by atoms with Crippen LogP contribution in [0.1, 0.15) is 36.9 Å². The van der Waals surface area contributed by atoms with Gasteiger partial charge in [-0.1, -0.05) is 49.4 Å². The number of aliphatic hydroxyl groups is 1. The molecular weight excluding hydrogens is 290 g/mol. The van der Waals surface area contributed by atoms with Gasteiger partial charge in [-0.25, -0.2) is 4.98 Å². The first kappa shape index (κ1) is 15.2. The third kappa shape index (κ3) is 3.24. The molecule has 1 heterocycles. The number of hydrogen-bond donors (Lipinski definition) is 3. The molecule has 0 fully saturated rings. The summed E-state index contributed by atoms with van der Waals surface area (Å²) < 4.78 is 0. The summed E-state index contributed by atoms with van der Waals surface area (Å²) in [7, 11) is 0. The first-order valence-corrected chi connectivity index (χ1v) is 7.67. The summed E-state index contributed by atoms with van der Waals surface area (Å²) in [5.74, 6) is 0.269. The van der Waals surface area contributed by atoms with Crippen molar-refractivity contribution in [3.8, 4) is 0 Å². The van der Waals surface area contributed by atoms with Crippen LogP contribution in [0.15, 0.2) is 54.6 Å². The summed E-state index contributed by atoms with van der Waals surface area (Å²) in [6.07, 6.45) is -0.512. The zero-order chi connectivity index (χ0) is 16.2. The number of benzene rings is 2. The van der Waals surface area contributed by atoms with E-state index in [0.717, 1.165) is 11.0 Å². The van der Waals surface area contributed by atoms with Gasteiger partial charge in [-0.05, 0) is 24.1 Å². The smallest absolute Gasteiger partial charge is 0.254 e. The van der Waals surface area contributed by atoms with Gasteiger partial charge in [0.1, 0.15) is 5.82 Å². The molecule has 118 valence electrons. The number of nitrogens with zero attached hydrogens (tertiary/aromatic N) is 1. The highest BCUT2D eigenvalue weighted by atomic mass is 16.3. The summed E-state index contributed by atoms with van der Waals surface area (Å²) in [5.41, 5.74) is 2.36. The Labute approximate surface area is 134 Å². The molecule has 23 heavy (non-hydrogen) atoms. The van der Waals surface area contributed by atoms with Crippen molar-refractivity contribution in [3.05, 3.63) is 66.0 Å². The number of aromatic nitrogens is 2. The number of H-pyrrole nitrogens is 1. The lowest BCUT2D eigenvalue weighted by molar-refractivity contribution is -0.130. The molecular formula is C18H19N3O2. The Morgan fingerprint density at radius 3 is 2.57 bits per heavy atom. The molecule has 2 aromatic carbocycles. The van der Waals surface area contributed by atoms with Gasteiger partial charge in [0, 0.05) is 0 Å². The van der Waals surface area contributed by atoms with E-state index < -0.39 is 12.0 Å². The number of imidazole rings is 1. The van der Waals surface area contributed by atoms with Crippen molar-refractivity contribution in [2.45, 2.75) is 25.5 Å². The minimum Gasteiger partial charge on any atom is -0.378 e. The van der Waals surface area contributed by atoms with E-state index in [1.807, 2.05) is 37.3 Å². The molecule has 0 aliphatic carbocycles. The van der Waals surface area contributed by atoms with Crippen molar-refractivity contribution in [2.24, 2.45) is 0 Å². The van der Waals surface area contributed by atoms with Crippen molar-refractivity contribution < 1.29 is 9.90 Å². The zero-order valence-corrected chi connectivity index (χ0v) is 12.9. The topological polar surface area (TPSA) is 78.0 Å². The standard InChI is InChI=1S/C18H19N3O2/c1-2-13(17-19-14-10-6-7-11-15(14)20-17)21-18(23)16(22)12-8-4-3-5-9-12/h3-11,13,16,22H,2H2,1H3,(H,19,20)(H,21,23). The van der Waals surface area contributed by atoms with Crippen LogP contribution in [-0.4, -0.2) is 21.0 Å². The summed E-state index contributed by atoms with van der Waals surface area (Å²) in [6.45, 7) is 1.97. The van der Waals surface area contributed by atoms with Crippen LogP contribution in [0.25, 0.3) is 11.0 Å². The van der Waals surface area contributed by atoms with Gasteiger partial charge in [0.2, 0.25) is 0 Å². The molecule has 1 amide bonds. The molecule has 1 aromatic heterocycles. The monoisotopic (exact) mass is 309 g/mol. The molecule has 0 aliphatic rings. The van der Waals surface area contributed by atoms with Gasteiger partial charge in [-0.15, -0.1) is 0 Å². The third-order valence-corrected chi connectivity index (χ3v) is 3.83. The number of nitrogens with one attached hydrogen (secondary N) is 2. The lowest BCUT2D eigenvalue weighted by Crippen LogP contribution is -2.33. The zero-order valence-electron chi connectivity index (χ0n) is 12.9.